The number of hydrogen-bond donors (Lipinski definition) is 0. The summed E-state index contributed by atoms with van der Waals surface area (Å²) in [6.07, 6.45) is 3.22. The summed E-state index contributed by atoms with van der Waals surface area (Å²) in [6, 6.07) is 9.39. The van der Waals surface area contributed by atoms with E-state index in [4.69, 9.17) is 16.9 Å². The lowest BCUT2D eigenvalue weighted by Gasteiger charge is -2.23. The number of rotatable bonds is 6. The molecular weight excluding hydrogens is 284 g/mol. The average molecular weight is 305 g/mol. The maximum atomic E-state index is 12.2. The summed E-state index contributed by atoms with van der Waals surface area (Å²) < 4.78 is 0. The third-order valence-electron chi connectivity index (χ3n) is 2.86. The number of amides is 1. The van der Waals surface area contributed by atoms with E-state index in [1.807, 2.05) is 19.1 Å². The lowest BCUT2D eigenvalue weighted by Crippen LogP contribution is -2.32. The Bertz CT molecular complexity index is 527. The number of allylic oxidation sites excluding steroid dienone is 1. The SMILES string of the molecule is CC(Cl)/C=C/C(=O)N(Cc1ccc(C#N)cc1)CC(C)C. The van der Waals surface area contributed by atoms with Gasteiger partial charge in [0.05, 0.1) is 11.6 Å². The minimum atomic E-state index is -0.162. The molecule has 0 spiro atoms. The van der Waals surface area contributed by atoms with Gasteiger partial charge in [0.25, 0.3) is 0 Å². The number of alkyl halides is 1. The second-order valence-electron chi connectivity index (χ2n) is 5.46. The van der Waals surface area contributed by atoms with Crippen LogP contribution in [0, 0.1) is 17.2 Å². The van der Waals surface area contributed by atoms with E-state index in [2.05, 4.69) is 19.9 Å². The highest BCUT2D eigenvalue weighted by Gasteiger charge is 2.13. The van der Waals surface area contributed by atoms with Crippen molar-refractivity contribution >= 4 is 17.5 Å². The zero-order valence-electron chi connectivity index (χ0n) is 12.7. The molecule has 3 nitrogen and oxygen atoms in total. The maximum Gasteiger partial charge on any atom is 0.246 e. The largest absolute Gasteiger partial charge is 0.335 e. The molecule has 0 N–H and O–H groups in total. The zero-order chi connectivity index (χ0) is 15.8. The van der Waals surface area contributed by atoms with Crippen molar-refractivity contribution in [1.82, 2.24) is 4.90 Å². The molecular formula is C17H21ClN2O. The van der Waals surface area contributed by atoms with Crippen molar-refractivity contribution in [3.63, 3.8) is 0 Å². The van der Waals surface area contributed by atoms with Gasteiger partial charge in [-0.05, 0) is 30.5 Å². The average Bonchev–Trinajstić information content (AvgIpc) is 2.44. The molecule has 0 saturated carbocycles. The van der Waals surface area contributed by atoms with Gasteiger partial charge in [0.2, 0.25) is 5.91 Å². The number of hydrogen-bond acceptors (Lipinski definition) is 2. The number of carbonyl (C=O) groups is 1. The molecule has 0 aliphatic carbocycles. The molecule has 0 bridgehead atoms. The monoisotopic (exact) mass is 304 g/mol. The number of carbonyl (C=O) groups excluding carboxylic acids is 1. The summed E-state index contributed by atoms with van der Waals surface area (Å²) in [4.78, 5) is 14.0. The van der Waals surface area contributed by atoms with E-state index < -0.39 is 0 Å². The first-order chi connectivity index (χ1) is 9.92. The normalized spacial score (nSPS) is 12.4. The van der Waals surface area contributed by atoms with E-state index in [-0.39, 0.29) is 11.3 Å². The van der Waals surface area contributed by atoms with Crippen LogP contribution in [0.15, 0.2) is 36.4 Å². The van der Waals surface area contributed by atoms with Gasteiger partial charge in [0.15, 0.2) is 0 Å². The Morgan fingerprint density at radius 1 is 1.33 bits per heavy atom. The Balaban J connectivity index is 2.82. The van der Waals surface area contributed by atoms with Gasteiger partial charge in [-0.2, -0.15) is 5.26 Å². The first-order valence-corrected chi connectivity index (χ1v) is 7.46. The van der Waals surface area contributed by atoms with Crippen molar-refractivity contribution in [3.8, 4) is 6.07 Å². The highest BCUT2D eigenvalue weighted by molar-refractivity contribution is 6.21. The number of nitriles is 1. The molecule has 0 saturated heterocycles. The molecule has 0 aliphatic heterocycles. The van der Waals surface area contributed by atoms with Gasteiger partial charge in [-0.15, -0.1) is 11.6 Å². The summed E-state index contributed by atoms with van der Waals surface area (Å²) in [5.41, 5.74) is 1.63. The van der Waals surface area contributed by atoms with Crippen LogP contribution in [-0.4, -0.2) is 22.7 Å². The van der Waals surface area contributed by atoms with Gasteiger partial charge in [-0.25, -0.2) is 0 Å². The molecule has 1 unspecified atom stereocenters. The first kappa shape index (κ1) is 17.3. The molecule has 0 aliphatic rings. The van der Waals surface area contributed by atoms with Gasteiger partial charge in [0.1, 0.15) is 0 Å². The molecule has 1 atom stereocenters. The van der Waals surface area contributed by atoms with Crippen LogP contribution in [0.5, 0.6) is 0 Å². The number of nitrogens with zero attached hydrogens (tertiary/aromatic N) is 2. The van der Waals surface area contributed by atoms with Crippen LogP contribution in [0.25, 0.3) is 0 Å². The van der Waals surface area contributed by atoms with Crippen molar-refractivity contribution < 1.29 is 4.79 Å². The first-order valence-electron chi connectivity index (χ1n) is 7.02. The predicted octanol–water partition coefficient (Wildman–Crippen LogP) is 3.73. The molecule has 4 heteroatoms. The Kier molecular flexibility index (Phi) is 6.98. The van der Waals surface area contributed by atoms with Crippen LogP contribution in [0.4, 0.5) is 0 Å². The van der Waals surface area contributed by atoms with Gasteiger partial charge in [-0.1, -0.05) is 32.1 Å². The van der Waals surface area contributed by atoms with Crippen LogP contribution in [0.3, 0.4) is 0 Å². The Morgan fingerprint density at radius 2 is 1.95 bits per heavy atom. The van der Waals surface area contributed by atoms with Crippen molar-refractivity contribution in [1.29, 1.82) is 5.26 Å². The Hall–Kier alpha value is -1.79. The smallest absolute Gasteiger partial charge is 0.246 e. The zero-order valence-corrected chi connectivity index (χ0v) is 13.5. The summed E-state index contributed by atoms with van der Waals surface area (Å²) in [6.45, 7) is 7.18. The minimum absolute atomic E-state index is 0.0411. The summed E-state index contributed by atoms with van der Waals surface area (Å²) >= 11 is 5.84. The second-order valence-corrected chi connectivity index (χ2v) is 6.15. The van der Waals surface area contributed by atoms with Crippen molar-refractivity contribution in [2.24, 2.45) is 5.92 Å². The fourth-order valence-electron chi connectivity index (χ4n) is 1.90. The summed E-state index contributed by atoms with van der Waals surface area (Å²) in [5, 5.41) is 8.64. The third kappa shape index (κ3) is 6.46. The highest BCUT2D eigenvalue weighted by atomic mass is 35.5. The summed E-state index contributed by atoms with van der Waals surface area (Å²) in [7, 11) is 0. The number of benzene rings is 1. The quantitative estimate of drug-likeness (QED) is 0.594. The van der Waals surface area contributed by atoms with E-state index in [1.54, 1.807) is 23.1 Å². The van der Waals surface area contributed by atoms with E-state index in [9.17, 15) is 4.79 Å². The molecule has 0 heterocycles. The van der Waals surface area contributed by atoms with Crippen LogP contribution < -0.4 is 0 Å². The molecule has 0 aromatic heterocycles. The van der Waals surface area contributed by atoms with Crippen molar-refractivity contribution in [2.75, 3.05) is 6.54 Å². The molecule has 1 amide bonds. The van der Waals surface area contributed by atoms with E-state index in [1.165, 1.54) is 6.08 Å². The third-order valence-corrected chi connectivity index (χ3v) is 3.00. The predicted molar refractivity (Wildman–Crippen MR) is 85.9 cm³/mol. The van der Waals surface area contributed by atoms with E-state index in [0.29, 0.717) is 24.6 Å². The minimum Gasteiger partial charge on any atom is -0.335 e. The van der Waals surface area contributed by atoms with Crippen molar-refractivity contribution in [3.05, 3.63) is 47.5 Å². The molecule has 0 fully saturated rings. The molecule has 112 valence electrons. The lowest BCUT2D eigenvalue weighted by molar-refractivity contribution is -0.127. The number of halogens is 1. The Labute approximate surface area is 131 Å². The van der Waals surface area contributed by atoms with Gasteiger partial charge in [0, 0.05) is 24.5 Å². The Morgan fingerprint density at radius 3 is 2.43 bits per heavy atom. The standard InChI is InChI=1S/C17H21ClN2O/c1-13(2)11-20(17(21)9-4-14(3)18)12-16-7-5-15(10-19)6-8-16/h4-9,13-14H,11-12H2,1-3H3/b9-4+. The van der Waals surface area contributed by atoms with Gasteiger partial charge >= 0.3 is 0 Å². The van der Waals surface area contributed by atoms with Crippen LogP contribution in [-0.2, 0) is 11.3 Å². The molecule has 0 radical (unpaired) electrons. The van der Waals surface area contributed by atoms with Crippen LogP contribution >= 0.6 is 11.6 Å². The fraction of sp³-hybridized carbons (Fsp3) is 0.412. The van der Waals surface area contributed by atoms with Gasteiger partial charge < -0.3 is 4.90 Å². The van der Waals surface area contributed by atoms with E-state index >= 15 is 0 Å². The molecule has 1 aromatic carbocycles. The topological polar surface area (TPSA) is 44.1 Å². The van der Waals surface area contributed by atoms with Crippen molar-refractivity contribution in [2.45, 2.75) is 32.7 Å². The van der Waals surface area contributed by atoms with E-state index in [0.717, 1.165) is 5.56 Å². The fourth-order valence-corrected chi connectivity index (χ4v) is 1.97. The van der Waals surface area contributed by atoms with Crippen LogP contribution in [0.1, 0.15) is 31.9 Å². The summed E-state index contributed by atoms with van der Waals surface area (Å²) in [5.74, 6) is 0.342. The second kappa shape index (κ2) is 8.49. The lowest BCUT2D eigenvalue weighted by atomic mass is 10.1. The van der Waals surface area contributed by atoms with Gasteiger partial charge in [-0.3, -0.25) is 4.79 Å². The highest BCUT2D eigenvalue weighted by Crippen LogP contribution is 2.10. The maximum absolute atomic E-state index is 12.2. The molecule has 21 heavy (non-hydrogen) atoms. The van der Waals surface area contributed by atoms with Crippen LogP contribution in [0.2, 0.25) is 0 Å². The molecule has 1 aromatic rings. The molecule has 1 rings (SSSR count).